The molecule has 0 atom stereocenters. The highest BCUT2D eigenvalue weighted by Gasteiger charge is 2.30. The molecule has 1 saturated heterocycles. The molecule has 108 valence electrons. The maximum absolute atomic E-state index is 13.4. The first kappa shape index (κ1) is 15.0. The zero-order chi connectivity index (χ0) is 14.6. The lowest BCUT2D eigenvalue weighted by atomic mass is 9.99. The summed E-state index contributed by atoms with van der Waals surface area (Å²) in [6.07, 6.45) is 0. The third-order valence-electron chi connectivity index (χ3n) is 3.58. The van der Waals surface area contributed by atoms with E-state index in [4.69, 9.17) is 10.5 Å². The Morgan fingerprint density at radius 1 is 1.45 bits per heavy atom. The van der Waals surface area contributed by atoms with Gasteiger partial charge in [0.1, 0.15) is 5.82 Å². The highest BCUT2D eigenvalue weighted by atomic mass is 19.1. The first-order valence-electron chi connectivity index (χ1n) is 6.83. The van der Waals surface area contributed by atoms with Crippen molar-refractivity contribution in [1.82, 2.24) is 4.90 Å². The number of nitrogens with two attached hydrogens (primary N) is 1. The third kappa shape index (κ3) is 3.57. The first-order valence-corrected chi connectivity index (χ1v) is 6.83. The average Bonchev–Trinajstić information content (AvgIpc) is 2.41. The van der Waals surface area contributed by atoms with Crippen LogP contribution in [0, 0.1) is 17.7 Å². The highest BCUT2D eigenvalue weighted by Crippen LogP contribution is 2.23. The molecule has 0 aromatic heterocycles. The molecule has 1 fully saturated rings. The van der Waals surface area contributed by atoms with E-state index >= 15 is 0 Å². The summed E-state index contributed by atoms with van der Waals surface area (Å²) in [5.41, 5.74) is 7.12. The van der Waals surface area contributed by atoms with Crippen molar-refractivity contribution in [2.24, 2.45) is 5.73 Å². The quantitative estimate of drug-likeness (QED) is 0.836. The summed E-state index contributed by atoms with van der Waals surface area (Å²) in [5.74, 6) is 5.49. The van der Waals surface area contributed by atoms with E-state index < -0.39 is 0 Å². The lowest BCUT2D eigenvalue weighted by Crippen LogP contribution is -2.52. The Balaban J connectivity index is 2.24. The van der Waals surface area contributed by atoms with Gasteiger partial charge in [-0.25, -0.2) is 4.39 Å². The summed E-state index contributed by atoms with van der Waals surface area (Å²) >= 11 is 0. The van der Waals surface area contributed by atoms with Crippen molar-refractivity contribution in [2.75, 3.05) is 26.3 Å². The van der Waals surface area contributed by atoms with Gasteiger partial charge in [0.2, 0.25) is 0 Å². The van der Waals surface area contributed by atoms with Crippen LogP contribution in [0.5, 0.6) is 0 Å². The van der Waals surface area contributed by atoms with Crippen molar-refractivity contribution in [1.29, 1.82) is 0 Å². The summed E-state index contributed by atoms with van der Waals surface area (Å²) in [4.78, 5) is 2.34. The highest BCUT2D eigenvalue weighted by molar-refractivity contribution is 5.42. The minimum Gasteiger partial charge on any atom is -0.378 e. The minimum absolute atomic E-state index is 0.0226. The van der Waals surface area contributed by atoms with Crippen molar-refractivity contribution in [3.05, 3.63) is 35.1 Å². The zero-order valence-corrected chi connectivity index (χ0v) is 12.1. The second-order valence-corrected chi connectivity index (χ2v) is 5.59. The molecule has 0 unspecified atom stereocenters. The first-order chi connectivity index (χ1) is 9.53. The molecule has 0 aliphatic carbocycles. The molecule has 0 spiro atoms. The SMILES string of the molecule is CC1(C)COCCN1Cc1ccc(F)cc1C#CCN. The summed E-state index contributed by atoms with van der Waals surface area (Å²) in [6.45, 7) is 7.63. The van der Waals surface area contributed by atoms with Gasteiger partial charge >= 0.3 is 0 Å². The number of rotatable bonds is 2. The van der Waals surface area contributed by atoms with Crippen LogP contribution in [0.2, 0.25) is 0 Å². The largest absolute Gasteiger partial charge is 0.378 e. The van der Waals surface area contributed by atoms with Crippen molar-refractivity contribution in [3.63, 3.8) is 0 Å². The topological polar surface area (TPSA) is 38.5 Å². The van der Waals surface area contributed by atoms with Gasteiger partial charge in [-0.3, -0.25) is 4.90 Å². The van der Waals surface area contributed by atoms with Gasteiger partial charge < -0.3 is 10.5 Å². The van der Waals surface area contributed by atoms with Gasteiger partial charge in [-0.15, -0.1) is 0 Å². The molecular weight excluding hydrogens is 255 g/mol. The number of halogens is 1. The molecule has 0 bridgehead atoms. The van der Waals surface area contributed by atoms with Crippen molar-refractivity contribution >= 4 is 0 Å². The number of hydrogen-bond acceptors (Lipinski definition) is 3. The Morgan fingerprint density at radius 2 is 2.25 bits per heavy atom. The predicted molar refractivity (Wildman–Crippen MR) is 77.6 cm³/mol. The van der Waals surface area contributed by atoms with Crippen molar-refractivity contribution in [3.8, 4) is 11.8 Å². The fourth-order valence-electron chi connectivity index (χ4n) is 2.34. The Bertz CT molecular complexity index is 531. The van der Waals surface area contributed by atoms with Crippen LogP contribution in [-0.2, 0) is 11.3 Å². The summed E-state index contributed by atoms with van der Waals surface area (Å²) in [6, 6.07) is 4.77. The van der Waals surface area contributed by atoms with Crippen LogP contribution >= 0.6 is 0 Å². The second kappa shape index (κ2) is 6.36. The number of nitrogens with zero attached hydrogens (tertiary/aromatic N) is 1. The molecule has 0 radical (unpaired) electrons. The van der Waals surface area contributed by atoms with E-state index in [1.54, 1.807) is 6.07 Å². The van der Waals surface area contributed by atoms with Crippen LogP contribution in [0.1, 0.15) is 25.0 Å². The van der Waals surface area contributed by atoms with Gasteiger partial charge in [-0.05, 0) is 31.5 Å². The lowest BCUT2D eigenvalue weighted by Gasteiger charge is -2.42. The maximum atomic E-state index is 13.4. The summed E-state index contributed by atoms with van der Waals surface area (Å²) in [7, 11) is 0. The van der Waals surface area contributed by atoms with Crippen LogP contribution < -0.4 is 5.73 Å². The molecule has 2 N–H and O–H groups in total. The molecule has 1 aliphatic rings. The van der Waals surface area contributed by atoms with Crippen LogP contribution in [0.15, 0.2) is 18.2 Å². The van der Waals surface area contributed by atoms with E-state index in [1.807, 2.05) is 0 Å². The van der Waals surface area contributed by atoms with Crippen LogP contribution in [-0.4, -0.2) is 36.7 Å². The standard InChI is InChI=1S/C16H21FN2O/c1-16(2)12-20-9-8-19(16)11-14-5-6-15(17)10-13(14)4-3-7-18/h5-6,10H,7-9,11-12,18H2,1-2H3. The van der Waals surface area contributed by atoms with E-state index in [2.05, 4.69) is 30.6 Å². The van der Waals surface area contributed by atoms with E-state index in [0.717, 1.165) is 30.8 Å². The Hall–Kier alpha value is -1.41. The zero-order valence-electron chi connectivity index (χ0n) is 12.1. The van der Waals surface area contributed by atoms with Gasteiger partial charge in [-0.1, -0.05) is 17.9 Å². The fraction of sp³-hybridized carbons (Fsp3) is 0.500. The van der Waals surface area contributed by atoms with E-state index in [1.165, 1.54) is 12.1 Å². The van der Waals surface area contributed by atoms with Gasteiger partial charge in [0.05, 0.1) is 19.8 Å². The molecule has 2 rings (SSSR count). The van der Waals surface area contributed by atoms with Gasteiger partial charge in [0.25, 0.3) is 0 Å². The molecule has 1 aromatic carbocycles. The minimum atomic E-state index is -0.267. The molecule has 1 heterocycles. The third-order valence-corrected chi connectivity index (χ3v) is 3.58. The monoisotopic (exact) mass is 276 g/mol. The smallest absolute Gasteiger partial charge is 0.124 e. The van der Waals surface area contributed by atoms with Crippen molar-refractivity contribution < 1.29 is 9.13 Å². The molecule has 1 aliphatic heterocycles. The maximum Gasteiger partial charge on any atom is 0.124 e. The normalized spacial score (nSPS) is 18.4. The summed E-state index contributed by atoms with van der Waals surface area (Å²) in [5, 5.41) is 0. The molecule has 4 heteroatoms. The van der Waals surface area contributed by atoms with Crippen molar-refractivity contribution in [2.45, 2.75) is 25.9 Å². The van der Waals surface area contributed by atoms with Gasteiger partial charge in [0.15, 0.2) is 0 Å². The van der Waals surface area contributed by atoms with E-state index in [9.17, 15) is 4.39 Å². The molecular formula is C16H21FN2O. The van der Waals surface area contributed by atoms with Crippen LogP contribution in [0.3, 0.4) is 0 Å². The Kier molecular flexibility index (Phi) is 4.77. The van der Waals surface area contributed by atoms with Crippen LogP contribution in [0.25, 0.3) is 0 Å². The van der Waals surface area contributed by atoms with Crippen LogP contribution in [0.4, 0.5) is 4.39 Å². The second-order valence-electron chi connectivity index (χ2n) is 5.59. The lowest BCUT2D eigenvalue weighted by molar-refractivity contribution is -0.0553. The molecule has 0 saturated carbocycles. The predicted octanol–water partition coefficient (Wildman–Crippen LogP) is 1.75. The Labute approximate surface area is 119 Å². The molecule has 1 aromatic rings. The number of benzene rings is 1. The molecule has 20 heavy (non-hydrogen) atoms. The number of ether oxygens (including phenoxy) is 1. The van der Waals surface area contributed by atoms with E-state index in [-0.39, 0.29) is 17.9 Å². The van der Waals surface area contributed by atoms with Gasteiger partial charge in [-0.2, -0.15) is 0 Å². The fourth-order valence-corrected chi connectivity index (χ4v) is 2.34. The average molecular weight is 276 g/mol. The molecule has 0 amide bonds. The summed E-state index contributed by atoms with van der Waals surface area (Å²) < 4.78 is 18.9. The molecule has 3 nitrogen and oxygen atoms in total. The Morgan fingerprint density at radius 3 is 2.95 bits per heavy atom. The van der Waals surface area contributed by atoms with Gasteiger partial charge in [0, 0.05) is 24.2 Å². The van der Waals surface area contributed by atoms with E-state index in [0.29, 0.717) is 6.61 Å². The number of hydrogen-bond donors (Lipinski definition) is 1. The number of morpholine rings is 1.